The Morgan fingerprint density at radius 3 is 2.53 bits per heavy atom. The van der Waals surface area contributed by atoms with E-state index in [2.05, 4.69) is 0 Å². The molecule has 4 nitrogen and oxygen atoms in total. The molecule has 0 aromatic heterocycles. The maximum Gasteiger partial charge on any atom is 0.410 e. The van der Waals surface area contributed by atoms with Gasteiger partial charge in [-0.1, -0.05) is 0 Å². The summed E-state index contributed by atoms with van der Waals surface area (Å²) in [5.74, 6) is 0.470. The van der Waals surface area contributed by atoms with E-state index in [1.165, 1.54) is 0 Å². The number of hydrogen-bond acceptors (Lipinski definition) is 3. The molecule has 0 radical (unpaired) electrons. The van der Waals surface area contributed by atoms with Crippen molar-refractivity contribution in [1.82, 2.24) is 4.90 Å². The molecule has 0 unspecified atom stereocenters. The maximum atomic E-state index is 11.8. The van der Waals surface area contributed by atoms with Gasteiger partial charge in [0.1, 0.15) is 5.60 Å². The van der Waals surface area contributed by atoms with Crippen molar-refractivity contribution in [2.75, 3.05) is 6.54 Å². The first kappa shape index (κ1) is 10.7. The first-order valence-electron chi connectivity index (χ1n) is 5.54. The van der Waals surface area contributed by atoms with Crippen molar-refractivity contribution in [1.29, 1.82) is 0 Å². The second-order valence-electron chi connectivity index (χ2n) is 5.60. The summed E-state index contributed by atoms with van der Waals surface area (Å²) in [7, 11) is 0. The molecule has 1 heterocycles. The molecule has 1 saturated carbocycles. The number of ether oxygens (including phenoxy) is 1. The minimum Gasteiger partial charge on any atom is -0.444 e. The molecule has 2 bridgehead atoms. The van der Waals surface area contributed by atoms with Crippen LogP contribution < -0.4 is 0 Å². The lowest BCUT2D eigenvalue weighted by Gasteiger charge is -2.32. The highest BCUT2D eigenvalue weighted by molar-refractivity contribution is 5.69. The van der Waals surface area contributed by atoms with Crippen LogP contribution in [-0.2, 0) is 4.74 Å². The SMILES string of the molecule is CC(C)(C)OC(=O)N1C[C@@H]2C[C@@H](O)[C@@H]1C2. The van der Waals surface area contributed by atoms with Crippen molar-refractivity contribution in [3.05, 3.63) is 0 Å². The number of aliphatic hydroxyl groups excluding tert-OH is 1. The van der Waals surface area contributed by atoms with Gasteiger partial charge in [-0.05, 0) is 39.5 Å². The van der Waals surface area contributed by atoms with E-state index in [9.17, 15) is 9.90 Å². The zero-order valence-corrected chi connectivity index (χ0v) is 9.56. The summed E-state index contributed by atoms with van der Waals surface area (Å²) in [6, 6.07) is -0.00940. The van der Waals surface area contributed by atoms with E-state index < -0.39 is 5.60 Å². The van der Waals surface area contributed by atoms with Gasteiger partial charge in [-0.3, -0.25) is 0 Å². The first-order valence-corrected chi connectivity index (χ1v) is 5.54. The average Bonchev–Trinajstić information content (AvgIpc) is 2.58. The molecule has 86 valence electrons. The number of nitrogens with zero attached hydrogens (tertiary/aromatic N) is 1. The molecule has 1 N–H and O–H groups in total. The van der Waals surface area contributed by atoms with E-state index >= 15 is 0 Å². The topological polar surface area (TPSA) is 49.8 Å². The summed E-state index contributed by atoms with van der Waals surface area (Å²) >= 11 is 0. The van der Waals surface area contributed by atoms with Crippen molar-refractivity contribution in [3.8, 4) is 0 Å². The van der Waals surface area contributed by atoms with Gasteiger partial charge < -0.3 is 14.7 Å². The van der Waals surface area contributed by atoms with Crippen molar-refractivity contribution in [2.24, 2.45) is 5.92 Å². The molecule has 1 saturated heterocycles. The highest BCUT2D eigenvalue weighted by atomic mass is 16.6. The van der Waals surface area contributed by atoms with Gasteiger partial charge in [0, 0.05) is 6.54 Å². The van der Waals surface area contributed by atoms with Crippen LogP contribution in [0.15, 0.2) is 0 Å². The maximum absolute atomic E-state index is 11.8. The van der Waals surface area contributed by atoms with Crippen molar-refractivity contribution in [3.63, 3.8) is 0 Å². The van der Waals surface area contributed by atoms with Crippen LogP contribution in [0.5, 0.6) is 0 Å². The van der Waals surface area contributed by atoms with Gasteiger partial charge in [0.2, 0.25) is 0 Å². The Hall–Kier alpha value is -0.770. The molecule has 0 spiro atoms. The summed E-state index contributed by atoms with van der Waals surface area (Å²) in [5, 5.41) is 9.69. The van der Waals surface area contributed by atoms with E-state index in [0.29, 0.717) is 5.92 Å². The molecule has 3 atom stereocenters. The zero-order valence-electron chi connectivity index (χ0n) is 9.56. The zero-order chi connectivity index (χ0) is 11.2. The molecule has 2 rings (SSSR count). The van der Waals surface area contributed by atoms with E-state index in [-0.39, 0.29) is 18.2 Å². The standard InChI is InChI=1S/C11H19NO3/c1-11(2,3)15-10(14)12-6-7-4-8(12)9(13)5-7/h7-9,13H,4-6H2,1-3H3/t7-,8-,9+/m0/s1. The molecule has 1 amide bonds. The predicted molar refractivity (Wildman–Crippen MR) is 55.5 cm³/mol. The van der Waals surface area contributed by atoms with E-state index in [0.717, 1.165) is 19.4 Å². The van der Waals surface area contributed by atoms with Gasteiger partial charge in [-0.15, -0.1) is 0 Å². The number of likely N-dealkylation sites (tertiary alicyclic amines) is 1. The monoisotopic (exact) mass is 213 g/mol. The summed E-state index contributed by atoms with van der Waals surface area (Å²) in [5.41, 5.74) is -0.454. The van der Waals surface area contributed by atoms with Gasteiger partial charge >= 0.3 is 6.09 Å². The Balaban J connectivity index is 1.98. The quantitative estimate of drug-likeness (QED) is 0.661. The minimum atomic E-state index is -0.454. The third-order valence-corrected chi connectivity index (χ3v) is 3.08. The molecular weight excluding hydrogens is 194 g/mol. The molecule has 4 heteroatoms. The fourth-order valence-electron chi connectivity index (χ4n) is 2.52. The Bertz CT molecular complexity index is 271. The van der Waals surface area contributed by atoms with E-state index in [1.807, 2.05) is 20.8 Å². The number of amides is 1. The van der Waals surface area contributed by atoms with Crippen LogP contribution >= 0.6 is 0 Å². The summed E-state index contributed by atoms with van der Waals surface area (Å²) in [6.45, 7) is 6.32. The molecule has 15 heavy (non-hydrogen) atoms. The Morgan fingerprint density at radius 1 is 1.40 bits per heavy atom. The third-order valence-electron chi connectivity index (χ3n) is 3.08. The molecule has 1 aliphatic carbocycles. The fraction of sp³-hybridized carbons (Fsp3) is 0.909. The number of carbonyl (C=O) groups excluding carboxylic acids is 1. The van der Waals surface area contributed by atoms with Gasteiger partial charge in [-0.2, -0.15) is 0 Å². The van der Waals surface area contributed by atoms with Gasteiger partial charge in [0.05, 0.1) is 12.1 Å². The van der Waals surface area contributed by atoms with Crippen LogP contribution in [-0.4, -0.2) is 40.4 Å². The van der Waals surface area contributed by atoms with Crippen LogP contribution in [0, 0.1) is 5.92 Å². The average molecular weight is 213 g/mol. The highest BCUT2D eigenvalue weighted by Gasteiger charge is 2.47. The Kier molecular flexibility index (Phi) is 2.41. The minimum absolute atomic E-state index is 0.00940. The molecule has 1 aliphatic heterocycles. The van der Waals surface area contributed by atoms with Gasteiger partial charge in [-0.25, -0.2) is 4.79 Å². The van der Waals surface area contributed by atoms with Crippen LogP contribution in [0.3, 0.4) is 0 Å². The highest BCUT2D eigenvalue weighted by Crippen LogP contribution is 2.38. The molecule has 0 aromatic rings. The Morgan fingerprint density at radius 2 is 2.07 bits per heavy atom. The number of fused-ring (bicyclic) bond motifs is 2. The lowest BCUT2D eigenvalue weighted by atomic mass is 10.1. The number of hydrogen-bond donors (Lipinski definition) is 1. The smallest absolute Gasteiger partial charge is 0.410 e. The lowest BCUT2D eigenvalue weighted by Crippen LogP contribution is -2.46. The normalized spacial score (nSPS) is 34.7. The van der Waals surface area contributed by atoms with Crippen molar-refractivity contribution >= 4 is 6.09 Å². The van der Waals surface area contributed by atoms with Crippen LogP contribution in [0.4, 0.5) is 4.79 Å². The van der Waals surface area contributed by atoms with Crippen LogP contribution in [0.1, 0.15) is 33.6 Å². The van der Waals surface area contributed by atoms with Gasteiger partial charge in [0.25, 0.3) is 0 Å². The van der Waals surface area contributed by atoms with E-state index in [1.54, 1.807) is 4.90 Å². The number of rotatable bonds is 0. The summed E-state index contributed by atoms with van der Waals surface area (Å²) in [6.07, 6.45) is 1.13. The van der Waals surface area contributed by atoms with Crippen LogP contribution in [0.2, 0.25) is 0 Å². The number of aliphatic hydroxyl groups is 1. The van der Waals surface area contributed by atoms with Crippen molar-refractivity contribution in [2.45, 2.75) is 51.4 Å². The lowest BCUT2D eigenvalue weighted by molar-refractivity contribution is -0.00176. The fourth-order valence-corrected chi connectivity index (χ4v) is 2.52. The number of piperidine rings is 1. The summed E-state index contributed by atoms with van der Waals surface area (Å²) < 4.78 is 5.30. The molecular formula is C11H19NO3. The third kappa shape index (κ3) is 2.09. The van der Waals surface area contributed by atoms with Crippen LogP contribution in [0.25, 0.3) is 0 Å². The number of carbonyl (C=O) groups is 1. The first-order chi connectivity index (χ1) is 6.87. The largest absolute Gasteiger partial charge is 0.444 e. The molecule has 2 fully saturated rings. The Labute approximate surface area is 90.2 Å². The second-order valence-corrected chi connectivity index (χ2v) is 5.60. The predicted octanol–water partition coefficient (Wildman–Crippen LogP) is 1.38. The summed E-state index contributed by atoms with van der Waals surface area (Å²) in [4.78, 5) is 13.5. The second kappa shape index (κ2) is 3.37. The molecule has 2 aliphatic rings. The molecule has 0 aromatic carbocycles. The van der Waals surface area contributed by atoms with E-state index in [4.69, 9.17) is 4.74 Å². The van der Waals surface area contributed by atoms with Gasteiger partial charge in [0.15, 0.2) is 0 Å². The van der Waals surface area contributed by atoms with Crippen molar-refractivity contribution < 1.29 is 14.6 Å².